The molecule has 38 heavy (non-hydrogen) atoms. The summed E-state index contributed by atoms with van der Waals surface area (Å²) >= 11 is 1.18. The summed E-state index contributed by atoms with van der Waals surface area (Å²) in [5.74, 6) is -1.22. The van der Waals surface area contributed by atoms with Gasteiger partial charge in [-0.2, -0.15) is 23.5 Å². The highest BCUT2D eigenvalue weighted by atomic mass is 32.1. The maximum Gasteiger partial charge on any atom is 0.416 e. The van der Waals surface area contributed by atoms with Gasteiger partial charge in [0.05, 0.1) is 32.7 Å². The highest BCUT2D eigenvalue weighted by Crippen LogP contribution is 2.52. The molecular formula is C28H20F4N4OS. The van der Waals surface area contributed by atoms with Crippen LogP contribution in [0.1, 0.15) is 37.1 Å². The summed E-state index contributed by atoms with van der Waals surface area (Å²) in [5, 5.41) is 14.8. The van der Waals surface area contributed by atoms with E-state index in [0.717, 1.165) is 17.7 Å². The summed E-state index contributed by atoms with van der Waals surface area (Å²) in [5.41, 5.74) is 0.798. The summed E-state index contributed by atoms with van der Waals surface area (Å²) in [7, 11) is 0. The number of aromatic nitrogens is 3. The molecule has 0 spiro atoms. The van der Waals surface area contributed by atoms with E-state index in [0.29, 0.717) is 39.6 Å². The number of Topliss-reactive ketones (excluding diaryl/α,β-unsaturated/α-hetero) is 1. The van der Waals surface area contributed by atoms with E-state index < -0.39 is 28.9 Å². The van der Waals surface area contributed by atoms with Crippen LogP contribution in [0.4, 0.5) is 17.6 Å². The Bertz CT molecular complexity index is 1710. The highest BCUT2D eigenvalue weighted by Gasteiger charge is 2.51. The Kier molecular flexibility index (Phi) is 5.37. The van der Waals surface area contributed by atoms with Gasteiger partial charge in [-0.05, 0) is 49.1 Å². The summed E-state index contributed by atoms with van der Waals surface area (Å²) < 4.78 is 57.1. The van der Waals surface area contributed by atoms with Crippen molar-refractivity contribution in [2.24, 2.45) is 11.8 Å². The van der Waals surface area contributed by atoms with Crippen molar-refractivity contribution < 1.29 is 22.4 Å². The monoisotopic (exact) mass is 536 g/mol. The lowest BCUT2D eigenvalue weighted by molar-refractivity contribution is -0.137. The summed E-state index contributed by atoms with van der Waals surface area (Å²) in [6.07, 6.45) is -1.68. The number of benzene rings is 2. The zero-order valence-electron chi connectivity index (χ0n) is 20.3. The molecule has 2 aliphatic rings. The Balaban J connectivity index is 1.64. The molecule has 10 heteroatoms. The van der Waals surface area contributed by atoms with Crippen LogP contribution in [-0.2, 0) is 22.8 Å². The number of allylic oxidation sites excluding steroid dienone is 2. The molecule has 5 nitrogen and oxygen atoms in total. The fourth-order valence-electron chi connectivity index (χ4n) is 6.04. The van der Waals surface area contributed by atoms with Gasteiger partial charge in [0, 0.05) is 22.5 Å². The number of nitriles is 1. The lowest BCUT2D eigenvalue weighted by Crippen LogP contribution is -2.46. The second kappa shape index (κ2) is 8.33. The van der Waals surface area contributed by atoms with Crippen molar-refractivity contribution in [3.63, 3.8) is 0 Å². The van der Waals surface area contributed by atoms with Gasteiger partial charge in [0.25, 0.3) is 0 Å². The van der Waals surface area contributed by atoms with Crippen LogP contribution < -0.4 is 0 Å². The van der Waals surface area contributed by atoms with Crippen molar-refractivity contribution in [2.45, 2.75) is 38.3 Å². The largest absolute Gasteiger partial charge is 0.416 e. The fourth-order valence-corrected chi connectivity index (χ4v) is 6.94. The average molecular weight is 537 g/mol. The van der Waals surface area contributed by atoms with Crippen molar-refractivity contribution in [3.8, 4) is 22.5 Å². The molecule has 6 rings (SSSR count). The predicted molar refractivity (Wildman–Crippen MR) is 134 cm³/mol. The molecule has 0 saturated carbocycles. The summed E-state index contributed by atoms with van der Waals surface area (Å²) in [6.45, 7) is 3.75. The van der Waals surface area contributed by atoms with Crippen LogP contribution in [0, 0.1) is 29.0 Å². The van der Waals surface area contributed by atoms with Gasteiger partial charge in [0.2, 0.25) is 5.13 Å². The minimum absolute atomic E-state index is 0.0587. The number of thiazole rings is 1. The maximum absolute atomic E-state index is 15.0. The van der Waals surface area contributed by atoms with Crippen LogP contribution in [-0.4, -0.2) is 20.5 Å². The van der Waals surface area contributed by atoms with Gasteiger partial charge in [-0.3, -0.25) is 4.79 Å². The molecule has 4 aromatic rings. The highest BCUT2D eigenvalue weighted by molar-refractivity contribution is 7.20. The first kappa shape index (κ1) is 24.5. The third kappa shape index (κ3) is 3.52. The fraction of sp³-hybridized carbons (Fsp3) is 0.286. The molecular weight excluding hydrogens is 516 g/mol. The topological polar surface area (TPSA) is 71.6 Å². The molecule has 2 aromatic heterocycles. The van der Waals surface area contributed by atoms with Gasteiger partial charge in [0.1, 0.15) is 11.9 Å². The minimum atomic E-state index is -4.51. The van der Waals surface area contributed by atoms with Crippen molar-refractivity contribution in [3.05, 3.63) is 76.8 Å². The Labute approximate surface area is 219 Å². The Hall–Kier alpha value is -3.84. The Morgan fingerprint density at radius 3 is 2.68 bits per heavy atom. The van der Waals surface area contributed by atoms with Gasteiger partial charge in [-0.25, -0.2) is 14.1 Å². The number of ketones is 1. The van der Waals surface area contributed by atoms with Crippen LogP contribution in [0.15, 0.2) is 54.1 Å². The summed E-state index contributed by atoms with van der Waals surface area (Å²) in [6, 6.07) is 11.7. The van der Waals surface area contributed by atoms with Gasteiger partial charge in [-0.1, -0.05) is 43.4 Å². The number of carbonyl (C=O) groups excluding carboxylic acids is 1. The molecule has 3 atom stereocenters. The summed E-state index contributed by atoms with van der Waals surface area (Å²) in [4.78, 5) is 17.4. The molecule has 0 saturated heterocycles. The average Bonchev–Trinajstić information content (AvgIpc) is 3.48. The third-order valence-electron chi connectivity index (χ3n) is 7.83. The van der Waals surface area contributed by atoms with Crippen molar-refractivity contribution >= 4 is 27.3 Å². The molecule has 0 N–H and O–H groups in total. The van der Waals surface area contributed by atoms with Crippen molar-refractivity contribution in [1.29, 1.82) is 5.26 Å². The first-order valence-electron chi connectivity index (χ1n) is 12.1. The predicted octanol–water partition coefficient (Wildman–Crippen LogP) is 6.80. The van der Waals surface area contributed by atoms with E-state index in [2.05, 4.69) is 4.98 Å². The van der Waals surface area contributed by atoms with Gasteiger partial charge < -0.3 is 0 Å². The Morgan fingerprint density at radius 2 is 1.97 bits per heavy atom. The normalized spacial score (nSPS) is 23.1. The zero-order chi connectivity index (χ0) is 27.0. The zero-order valence-corrected chi connectivity index (χ0v) is 21.1. The van der Waals surface area contributed by atoms with Gasteiger partial charge in [0.15, 0.2) is 5.78 Å². The molecule has 2 heterocycles. The number of alkyl halides is 3. The molecule has 0 fully saturated rings. The van der Waals surface area contributed by atoms with E-state index in [9.17, 15) is 27.6 Å². The molecule has 0 unspecified atom stereocenters. The lowest BCUT2D eigenvalue weighted by Gasteiger charge is -2.45. The molecule has 0 aliphatic heterocycles. The van der Waals surface area contributed by atoms with E-state index >= 15 is 0 Å². The van der Waals surface area contributed by atoms with Crippen LogP contribution in [0.3, 0.4) is 0 Å². The number of rotatable bonds is 2. The molecule has 192 valence electrons. The van der Waals surface area contributed by atoms with E-state index in [1.54, 1.807) is 29.0 Å². The molecule has 0 amide bonds. The van der Waals surface area contributed by atoms with Crippen LogP contribution in [0.5, 0.6) is 0 Å². The van der Waals surface area contributed by atoms with E-state index in [1.165, 1.54) is 23.5 Å². The van der Waals surface area contributed by atoms with E-state index in [-0.39, 0.29) is 22.8 Å². The first-order valence-corrected chi connectivity index (χ1v) is 12.9. The second-order valence-electron chi connectivity index (χ2n) is 9.99. The molecule has 0 radical (unpaired) electrons. The quantitative estimate of drug-likeness (QED) is 0.264. The third-order valence-corrected chi connectivity index (χ3v) is 8.84. The number of halogens is 4. The van der Waals surface area contributed by atoms with Crippen LogP contribution in [0.2, 0.25) is 0 Å². The van der Waals surface area contributed by atoms with Gasteiger partial charge in [-0.15, -0.1) is 0 Å². The lowest BCUT2D eigenvalue weighted by atomic mass is 9.58. The number of nitrogens with zero attached hydrogens (tertiary/aromatic N) is 4. The van der Waals surface area contributed by atoms with E-state index in [4.69, 9.17) is 5.10 Å². The van der Waals surface area contributed by atoms with Crippen molar-refractivity contribution in [1.82, 2.24) is 14.8 Å². The number of carbonyl (C=O) groups is 1. The van der Waals surface area contributed by atoms with Crippen molar-refractivity contribution in [2.75, 3.05) is 0 Å². The SMILES string of the molecule is C[C@H]1C(=O)C(C#N)=C[C@@]2(C)c3c(c(-c4ccccc4F)nn3-c3nc4cc(C(F)(F)F)ccc4s3)CC[C@H]12. The maximum atomic E-state index is 15.0. The van der Waals surface area contributed by atoms with E-state index in [1.807, 2.05) is 19.9 Å². The van der Waals surface area contributed by atoms with Crippen LogP contribution >= 0.6 is 11.3 Å². The smallest absolute Gasteiger partial charge is 0.293 e. The number of fused-ring (bicyclic) bond motifs is 4. The molecule has 2 aromatic carbocycles. The minimum Gasteiger partial charge on any atom is -0.293 e. The standard InChI is InChI=1S/C28H20F4N4OS/c1-14-19-9-8-18-23(17-5-3-4-6-20(17)29)35-36(25(18)27(19,2)12-15(13-33)24(14)37)26-34-21-11-16(28(30,31)32)7-10-22(21)38-26/h3-7,10-12,14,19H,8-9H2,1-2H3/t14-,19-,27-/m1/s1. The number of hydrogen-bond acceptors (Lipinski definition) is 5. The number of hydrogen-bond donors (Lipinski definition) is 0. The molecule has 0 bridgehead atoms. The van der Waals surface area contributed by atoms with Gasteiger partial charge >= 0.3 is 6.18 Å². The molecule has 2 aliphatic carbocycles. The van der Waals surface area contributed by atoms with Crippen LogP contribution in [0.25, 0.3) is 26.6 Å². The first-order chi connectivity index (χ1) is 18.0. The Morgan fingerprint density at radius 1 is 1.21 bits per heavy atom. The second-order valence-corrected chi connectivity index (χ2v) is 11.0.